The second-order valence-corrected chi connectivity index (χ2v) is 6.11. The summed E-state index contributed by atoms with van der Waals surface area (Å²) in [5.41, 5.74) is 2.02. The van der Waals surface area contributed by atoms with Gasteiger partial charge in [0, 0.05) is 30.6 Å². The molecule has 7 nitrogen and oxygen atoms in total. The van der Waals surface area contributed by atoms with Crippen molar-refractivity contribution < 1.29 is 14.3 Å². The second-order valence-electron chi connectivity index (χ2n) is 6.11. The Labute approximate surface area is 148 Å². The molecule has 1 aliphatic heterocycles. The maximum Gasteiger partial charge on any atom is 0.328 e. The van der Waals surface area contributed by atoms with Crippen molar-refractivity contribution in [2.45, 2.75) is 18.9 Å². The summed E-state index contributed by atoms with van der Waals surface area (Å²) in [6.45, 7) is 0.804. The highest BCUT2D eigenvalue weighted by Crippen LogP contribution is 2.35. The molecule has 4 rings (SSSR count). The van der Waals surface area contributed by atoms with E-state index >= 15 is 0 Å². The first-order chi connectivity index (χ1) is 12.6. The van der Waals surface area contributed by atoms with E-state index in [0.29, 0.717) is 11.2 Å². The minimum absolute atomic E-state index is 0.00841. The predicted octanol–water partition coefficient (Wildman–Crippen LogP) is 2.70. The van der Waals surface area contributed by atoms with Crippen LogP contribution in [0.5, 0.6) is 0 Å². The van der Waals surface area contributed by atoms with Gasteiger partial charge in [0.05, 0.1) is 18.4 Å². The lowest BCUT2D eigenvalue weighted by Crippen LogP contribution is -2.24. The number of rotatable bonds is 4. The Balaban J connectivity index is 1.71. The van der Waals surface area contributed by atoms with Gasteiger partial charge in [-0.15, -0.1) is 0 Å². The first-order valence-electron chi connectivity index (χ1n) is 8.24. The van der Waals surface area contributed by atoms with E-state index in [9.17, 15) is 9.18 Å². The van der Waals surface area contributed by atoms with Gasteiger partial charge in [-0.3, -0.25) is 4.98 Å². The fourth-order valence-electron chi connectivity index (χ4n) is 3.31. The van der Waals surface area contributed by atoms with Crippen LogP contribution in [0.15, 0.2) is 43.0 Å². The number of nitrogens with zero attached hydrogens (tertiary/aromatic N) is 5. The molecule has 0 aliphatic carbocycles. The number of carboxylic acid groups (broad SMARTS) is 1. The highest BCUT2D eigenvalue weighted by molar-refractivity contribution is 5.86. The number of pyridine rings is 1. The van der Waals surface area contributed by atoms with Crippen molar-refractivity contribution in [2.24, 2.45) is 0 Å². The molecular formula is C18H16FN5O2. The predicted molar refractivity (Wildman–Crippen MR) is 93.2 cm³/mol. The number of anilines is 1. The van der Waals surface area contributed by atoms with Crippen molar-refractivity contribution in [3.8, 4) is 0 Å². The summed E-state index contributed by atoms with van der Waals surface area (Å²) in [4.78, 5) is 21.5. The molecule has 8 heteroatoms. The molecule has 1 fully saturated rings. The van der Waals surface area contributed by atoms with Gasteiger partial charge in [-0.2, -0.15) is 5.10 Å². The number of carbonyl (C=O) groups is 1. The van der Waals surface area contributed by atoms with Gasteiger partial charge in [-0.25, -0.2) is 18.7 Å². The van der Waals surface area contributed by atoms with Gasteiger partial charge in [0.2, 0.25) is 0 Å². The SMILES string of the molecule is O=C(O)/C=C/c1cnn2ccc(N3CCCC3c3cncc(F)c3)nc12. The quantitative estimate of drug-likeness (QED) is 0.726. The molecule has 1 unspecified atom stereocenters. The molecule has 1 aliphatic rings. The standard InChI is InChI=1S/C18H16FN5O2/c19-14-8-13(9-20-11-14)15-2-1-6-23(15)16-5-7-24-18(22-16)12(10-21-24)3-4-17(25)26/h3-5,7-11,15H,1-2,6H2,(H,25,26)/b4-3+. The van der Waals surface area contributed by atoms with Crippen LogP contribution in [0.4, 0.5) is 10.2 Å². The highest BCUT2D eigenvalue weighted by Gasteiger charge is 2.28. The van der Waals surface area contributed by atoms with Gasteiger partial charge < -0.3 is 10.0 Å². The summed E-state index contributed by atoms with van der Waals surface area (Å²) in [7, 11) is 0. The van der Waals surface area contributed by atoms with E-state index in [1.165, 1.54) is 18.3 Å². The molecule has 0 bridgehead atoms. The Morgan fingerprint density at radius 1 is 1.35 bits per heavy atom. The Morgan fingerprint density at radius 2 is 2.23 bits per heavy atom. The highest BCUT2D eigenvalue weighted by atomic mass is 19.1. The molecule has 1 N–H and O–H groups in total. The van der Waals surface area contributed by atoms with Crippen LogP contribution in [-0.4, -0.2) is 37.2 Å². The molecule has 0 saturated carbocycles. The van der Waals surface area contributed by atoms with Gasteiger partial charge in [-0.05, 0) is 36.6 Å². The minimum Gasteiger partial charge on any atom is -0.478 e. The number of aliphatic carboxylic acids is 1. The normalized spacial score (nSPS) is 17.4. The van der Waals surface area contributed by atoms with Crippen molar-refractivity contribution in [2.75, 3.05) is 11.4 Å². The Bertz CT molecular complexity index is 1000. The summed E-state index contributed by atoms with van der Waals surface area (Å²) >= 11 is 0. The molecule has 132 valence electrons. The first kappa shape index (κ1) is 16.2. The zero-order valence-electron chi connectivity index (χ0n) is 13.8. The van der Waals surface area contributed by atoms with Crippen molar-refractivity contribution in [1.82, 2.24) is 19.6 Å². The number of hydrogen-bond donors (Lipinski definition) is 1. The molecular weight excluding hydrogens is 337 g/mol. The lowest BCUT2D eigenvalue weighted by Gasteiger charge is -2.26. The largest absolute Gasteiger partial charge is 0.478 e. The zero-order chi connectivity index (χ0) is 18.1. The molecule has 4 heterocycles. The summed E-state index contributed by atoms with van der Waals surface area (Å²) < 4.78 is 15.2. The van der Waals surface area contributed by atoms with Crippen molar-refractivity contribution in [3.05, 3.63) is 59.9 Å². The molecule has 1 atom stereocenters. The van der Waals surface area contributed by atoms with Gasteiger partial charge in [0.1, 0.15) is 11.6 Å². The van der Waals surface area contributed by atoms with Crippen LogP contribution in [0.3, 0.4) is 0 Å². The van der Waals surface area contributed by atoms with E-state index in [2.05, 4.69) is 20.0 Å². The lowest BCUT2D eigenvalue weighted by molar-refractivity contribution is -0.131. The van der Waals surface area contributed by atoms with Crippen molar-refractivity contribution >= 4 is 23.5 Å². The summed E-state index contributed by atoms with van der Waals surface area (Å²) in [6.07, 6.45) is 10.6. The van der Waals surface area contributed by atoms with Crippen molar-refractivity contribution in [1.29, 1.82) is 0 Å². The van der Waals surface area contributed by atoms with Gasteiger partial charge in [0.25, 0.3) is 0 Å². The van der Waals surface area contributed by atoms with E-state index < -0.39 is 5.97 Å². The maximum atomic E-state index is 13.6. The molecule has 3 aromatic rings. The molecule has 0 radical (unpaired) electrons. The van der Waals surface area contributed by atoms with Crippen LogP contribution in [0.1, 0.15) is 30.0 Å². The average Bonchev–Trinajstić information content (AvgIpc) is 3.26. The van der Waals surface area contributed by atoms with Crippen LogP contribution in [0.2, 0.25) is 0 Å². The van der Waals surface area contributed by atoms with Crippen LogP contribution < -0.4 is 4.90 Å². The van der Waals surface area contributed by atoms with Gasteiger partial charge in [-0.1, -0.05) is 0 Å². The Kier molecular flexibility index (Phi) is 4.08. The third-order valence-corrected chi connectivity index (χ3v) is 4.45. The average molecular weight is 353 g/mol. The van der Waals surface area contributed by atoms with Crippen molar-refractivity contribution in [3.63, 3.8) is 0 Å². The van der Waals surface area contributed by atoms with Crippen LogP contribution in [-0.2, 0) is 4.79 Å². The molecule has 0 aromatic carbocycles. The van der Waals surface area contributed by atoms with Crippen LogP contribution >= 0.6 is 0 Å². The topological polar surface area (TPSA) is 83.6 Å². The van der Waals surface area contributed by atoms with E-state index in [-0.39, 0.29) is 11.9 Å². The fraction of sp³-hybridized carbons (Fsp3) is 0.222. The van der Waals surface area contributed by atoms with Crippen LogP contribution in [0, 0.1) is 5.82 Å². The Hall–Kier alpha value is -3.29. The zero-order valence-corrected chi connectivity index (χ0v) is 13.8. The number of hydrogen-bond acceptors (Lipinski definition) is 5. The van der Waals surface area contributed by atoms with E-state index in [1.807, 2.05) is 6.07 Å². The number of fused-ring (bicyclic) bond motifs is 1. The third-order valence-electron chi connectivity index (χ3n) is 4.45. The lowest BCUT2D eigenvalue weighted by atomic mass is 10.1. The van der Waals surface area contributed by atoms with E-state index in [4.69, 9.17) is 5.11 Å². The molecule has 0 amide bonds. The molecule has 1 saturated heterocycles. The van der Waals surface area contributed by atoms with Gasteiger partial charge >= 0.3 is 5.97 Å². The molecule has 26 heavy (non-hydrogen) atoms. The summed E-state index contributed by atoms with van der Waals surface area (Å²) in [5, 5.41) is 13.0. The number of halogens is 1. The third kappa shape index (κ3) is 3.01. The summed E-state index contributed by atoms with van der Waals surface area (Å²) in [6, 6.07) is 3.37. The van der Waals surface area contributed by atoms with E-state index in [1.54, 1.807) is 23.1 Å². The minimum atomic E-state index is -1.03. The molecule has 3 aromatic heterocycles. The Morgan fingerprint density at radius 3 is 3.04 bits per heavy atom. The fourth-order valence-corrected chi connectivity index (χ4v) is 3.31. The smallest absolute Gasteiger partial charge is 0.328 e. The van der Waals surface area contributed by atoms with E-state index in [0.717, 1.165) is 36.8 Å². The maximum absolute atomic E-state index is 13.6. The number of carboxylic acids is 1. The van der Waals surface area contributed by atoms with Gasteiger partial charge in [0.15, 0.2) is 5.65 Å². The number of aromatic nitrogens is 4. The summed E-state index contributed by atoms with van der Waals surface area (Å²) in [5.74, 6) is -0.636. The molecule has 0 spiro atoms. The monoisotopic (exact) mass is 353 g/mol. The van der Waals surface area contributed by atoms with Crippen LogP contribution in [0.25, 0.3) is 11.7 Å². The second kappa shape index (κ2) is 6.55. The first-order valence-corrected chi connectivity index (χ1v) is 8.24.